The number of sulfonamides is 1. The van der Waals surface area contributed by atoms with Crippen LogP contribution >= 0.6 is 0 Å². The smallest absolute Gasteiger partial charge is 0.240 e. The lowest BCUT2D eigenvalue weighted by atomic mass is 10.1. The summed E-state index contributed by atoms with van der Waals surface area (Å²) in [4.78, 5) is 12.4. The molecule has 1 N–H and O–H groups in total. The third-order valence-corrected chi connectivity index (χ3v) is 5.44. The van der Waals surface area contributed by atoms with Gasteiger partial charge in [-0.05, 0) is 62.4 Å². The summed E-state index contributed by atoms with van der Waals surface area (Å²) < 4.78 is 25.6. The molecule has 0 aliphatic carbocycles. The van der Waals surface area contributed by atoms with E-state index in [-0.39, 0.29) is 18.5 Å². The Bertz CT molecular complexity index is 859. The van der Waals surface area contributed by atoms with Crippen molar-refractivity contribution in [1.29, 1.82) is 0 Å². The van der Waals surface area contributed by atoms with E-state index in [1.165, 1.54) is 5.56 Å². The van der Waals surface area contributed by atoms with Gasteiger partial charge in [0.15, 0.2) is 0 Å². The Morgan fingerprint density at radius 3 is 2.22 bits per heavy atom. The van der Waals surface area contributed by atoms with Gasteiger partial charge in [0.25, 0.3) is 0 Å². The molecule has 146 valence electrons. The van der Waals surface area contributed by atoms with Crippen molar-refractivity contribution in [1.82, 2.24) is 5.32 Å². The first-order valence-corrected chi connectivity index (χ1v) is 10.9. The van der Waals surface area contributed by atoms with Crippen molar-refractivity contribution in [2.75, 3.05) is 17.1 Å². The van der Waals surface area contributed by atoms with Gasteiger partial charge < -0.3 is 5.32 Å². The minimum atomic E-state index is -3.57. The molecule has 2 aromatic rings. The number of benzene rings is 2. The van der Waals surface area contributed by atoms with Crippen molar-refractivity contribution in [3.63, 3.8) is 0 Å². The Balaban J connectivity index is 2.01. The van der Waals surface area contributed by atoms with E-state index in [0.29, 0.717) is 5.69 Å². The van der Waals surface area contributed by atoms with Gasteiger partial charge in [-0.3, -0.25) is 9.10 Å². The third kappa shape index (κ3) is 6.71. The molecule has 6 heteroatoms. The Labute approximate surface area is 162 Å². The molecule has 5 nitrogen and oxygen atoms in total. The van der Waals surface area contributed by atoms with Gasteiger partial charge >= 0.3 is 0 Å². The summed E-state index contributed by atoms with van der Waals surface area (Å²) in [7, 11) is -3.57. The SMILES string of the molecule is Cc1cc(C)cc(N(CC(=O)N[C@H](C)CCc2ccccc2)S(C)(=O)=O)c1. The molecular formula is C21H28N2O3S. The van der Waals surface area contributed by atoms with E-state index in [9.17, 15) is 13.2 Å². The van der Waals surface area contributed by atoms with Crippen LogP contribution in [0.1, 0.15) is 30.0 Å². The van der Waals surface area contributed by atoms with E-state index in [1.54, 1.807) is 12.1 Å². The van der Waals surface area contributed by atoms with Crippen LogP contribution in [0.5, 0.6) is 0 Å². The molecule has 0 aromatic heterocycles. The van der Waals surface area contributed by atoms with Crippen LogP contribution in [0.15, 0.2) is 48.5 Å². The average molecular weight is 389 g/mol. The molecule has 0 heterocycles. The zero-order chi connectivity index (χ0) is 20.0. The molecule has 27 heavy (non-hydrogen) atoms. The summed E-state index contributed by atoms with van der Waals surface area (Å²) in [5.41, 5.74) is 3.64. The van der Waals surface area contributed by atoms with Gasteiger partial charge in [-0.25, -0.2) is 8.42 Å². The second-order valence-electron chi connectivity index (χ2n) is 7.11. The monoisotopic (exact) mass is 388 g/mol. The van der Waals surface area contributed by atoms with Gasteiger partial charge in [0, 0.05) is 6.04 Å². The largest absolute Gasteiger partial charge is 0.352 e. The van der Waals surface area contributed by atoms with E-state index < -0.39 is 10.0 Å². The van der Waals surface area contributed by atoms with E-state index in [1.807, 2.05) is 45.0 Å². The highest BCUT2D eigenvalue weighted by molar-refractivity contribution is 7.92. The Kier molecular flexibility index (Phi) is 7.02. The number of nitrogens with one attached hydrogen (secondary N) is 1. The molecule has 1 amide bonds. The van der Waals surface area contributed by atoms with E-state index in [4.69, 9.17) is 0 Å². The number of rotatable bonds is 8. The third-order valence-electron chi connectivity index (χ3n) is 4.30. The standard InChI is InChI=1S/C21H28N2O3S/c1-16-12-17(2)14-20(13-16)23(27(4,25)26)15-21(24)22-18(3)10-11-19-8-6-5-7-9-19/h5-9,12-14,18H,10-11,15H2,1-4H3,(H,22,24)/t18-/m1/s1. The number of aryl methyl sites for hydroxylation is 3. The minimum absolute atomic E-state index is 0.0432. The first-order chi connectivity index (χ1) is 12.6. The molecule has 0 saturated heterocycles. The fourth-order valence-electron chi connectivity index (χ4n) is 3.05. The number of hydrogen-bond acceptors (Lipinski definition) is 3. The first kappa shape index (κ1) is 21.0. The van der Waals surface area contributed by atoms with Gasteiger partial charge in [0.2, 0.25) is 15.9 Å². The van der Waals surface area contributed by atoms with Crippen molar-refractivity contribution in [2.45, 2.75) is 39.7 Å². The van der Waals surface area contributed by atoms with Crippen LogP contribution in [0, 0.1) is 13.8 Å². The molecular weight excluding hydrogens is 360 g/mol. The van der Waals surface area contributed by atoms with E-state index >= 15 is 0 Å². The molecule has 0 aliphatic rings. The molecule has 0 bridgehead atoms. The van der Waals surface area contributed by atoms with E-state index in [0.717, 1.165) is 34.5 Å². The van der Waals surface area contributed by atoms with Crippen LogP contribution in [0.4, 0.5) is 5.69 Å². The number of anilines is 1. The molecule has 2 aromatic carbocycles. The lowest BCUT2D eigenvalue weighted by molar-refractivity contribution is -0.120. The van der Waals surface area contributed by atoms with Crippen LogP contribution in [0.3, 0.4) is 0 Å². The Morgan fingerprint density at radius 1 is 1.07 bits per heavy atom. The molecule has 0 saturated carbocycles. The topological polar surface area (TPSA) is 66.5 Å². The summed E-state index contributed by atoms with van der Waals surface area (Å²) >= 11 is 0. The lowest BCUT2D eigenvalue weighted by Crippen LogP contribution is -2.43. The van der Waals surface area contributed by atoms with Crippen LogP contribution in [-0.4, -0.2) is 33.2 Å². The van der Waals surface area contributed by atoms with Crippen LogP contribution in [-0.2, 0) is 21.2 Å². The highest BCUT2D eigenvalue weighted by Gasteiger charge is 2.22. The van der Waals surface area contributed by atoms with Gasteiger partial charge in [-0.2, -0.15) is 0 Å². The highest BCUT2D eigenvalue weighted by atomic mass is 32.2. The molecule has 0 fully saturated rings. The fourth-order valence-corrected chi connectivity index (χ4v) is 3.89. The van der Waals surface area contributed by atoms with Crippen LogP contribution in [0.2, 0.25) is 0 Å². The van der Waals surface area contributed by atoms with Crippen molar-refractivity contribution in [3.05, 3.63) is 65.2 Å². The normalized spacial score (nSPS) is 12.4. The lowest BCUT2D eigenvalue weighted by Gasteiger charge is -2.24. The van der Waals surface area contributed by atoms with Crippen LogP contribution < -0.4 is 9.62 Å². The Morgan fingerprint density at radius 2 is 1.67 bits per heavy atom. The number of carbonyl (C=O) groups excluding carboxylic acids is 1. The summed E-state index contributed by atoms with van der Waals surface area (Å²) in [6, 6.07) is 15.6. The molecule has 2 rings (SSSR count). The van der Waals surface area contributed by atoms with Crippen molar-refractivity contribution in [2.24, 2.45) is 0 Å². The highest BCUT2D eigenvalue weighted by Crippen LogP contribution is 2.21. The quantitative estimate of drug-likeness (QED) is 0.755. The number of nitrogens with zero attached hydrogens (tertiary/aromatic N) is 1. The second-order valence-corrected chi connectivity index (χ2v) is 9.02. The van der Waals surface area contributed by atoms with Crippen LogP contribution in [0.25, 0.3) is 0 Å². The molecule has 0 spiro atoms. The summed E-state index contributed by atoms with van der Waals surface area (Å²) in [6.45, 7) is 5.52. The zero-order valence-electron chi connectivity index (χ0n) is 16.4. The van der Waals surface area contributed by atoms with Gasteiger partial charge in [0.1, 0.15) is 6.54 Å². The molecule has 0 unspecified atom stereocenters. The maximum atomic E-state index is 12.4. The predicted octanol–water partition coefficient (Wildman–Crippen LogP) is 3.21. The van der Waals surface area contributed by atoms with Crippen molar-refractivity contribution in [3.8, 4) is 0 Å². The minimum Gasteiger partial charge on any atom is -0.352 e. The van der Waals surface area contributed by atoms with E-state index in [2.05, 4.69) is 17.4 Å². The molecule has 1 atom stereocenters. The number of hydrogen-bond donors (Lipinski definition) is 1. The summed E-state index contributed by atoms with van der Waals surface area (Å²) in [6.07, 6.45) is 2.77. The molecule has 0 radical (unpaired) electrons. The first-order valence-electron chi connectivity index (χ1n) is 9.04. The number of amides is 1. The average Bonchev–Trinajstić information content (AvgIpc) is 2.57. The maximum Gasteiger partial charge on any atom is 0.240 e. The van der Waals surface area contributed by atoms with Gasteiger partial charge in [-0.1, -0.05) is 36.4 Å². The van der Waals surface area contributed by atoms with Crippen molar-refractivity contribution >= 4 is 21.6 Å². The van der Waals surface area contributed by atoms with Gasteiger partial charge in [-0.15, -0.1) is 0 Å². The second kappa shape index (κ2) is 9.04. The fraction of sp³-hybridized carbons (Fsp3) is 0.381. The maximum absolute atomic E-state index is 12.4. The predicted molar refractivity (Wildman–Crippen MR) is 110 cm³/mol. The zero-order valence-corrected chi connectivity index (χ0v) is 17.2. The summed E-state index contributed by atoms with van der Waals surface area (Å²) in [5.74, 6) is -0.305. The molecule has 0 aliphatic heterocycles. The number of carbonyl (C=O) groups is 1. The Hall–Kier alpha value is -2.34. The summed E-state index contributed by atoms with van der Waals surface area (Å²) in [5, 5.41) is 2.91. The van der Waals surface area contributed by atoms with Crippen molar-refractivity contribution < 1.29 is 13.2 Å². The van der Waals surface area contributed by atoms with Gasteiger partial charge in [0.05, 0.1) is 11.9 Å².